The molecule has 0 saturated carbocycles. The normalized spacial score (nSPS) is 12.3. The number of carboxylic acid groups (broad SMARTS) is 1. The quantitative estimate of drug-likeness (QED) is 0.687. The molecule has 0 bridgehead atoms. The van der Waals surface area contributed by atoms with E-state index in [0.29, 0.717) is 23.0 Å². The Morgan fingerprint density at radius 1 is 1.22 bits per heavy atom. The minimum Gasteiger partial charge on any atom is -0.480 e. The number of aromatic nitrogens is 1. The fraction of sp³-hybridized carbons (Fsp3) is 0.350. The van der Waals surface area contributed by atoms with E-state index in [1.807, 2.05) is 39.0 Å². The molecule has 0 aliphatic heterocycles. The van der Waals surface area contributed by atoms with Crippen molar-refractivity contribution in [3.8, 4) is 0 Å². The van der Waals surface area contributed by atoms with Crippen molar-refractivity contribution < 1.29 is 18.3 Å². The number of rotatable bonds is 5. The van der Waals surface area contributed by atoms with Crippen LogP contribution in [0.15, 0.2) is 45.7 Å². The van der Waals surface area contributed by atoms with Gasteiger partial charge in [-0.3, -0.25) is 4.79 Å². The van der Waals surface area contributed by atoms with Gasteiger partial charge >= 0.3 is 5.97 Å². The van der Waals surface area contributed by atoms with Crippen molar-refractivity contribution in [1.29, 1.82) is 0 Å². The van der Waals surface area contributed by atoms with Gasteiger partial charge in [-0.25, -0.2) is 8.42 Å². The number of allylic oxidation sites excluding steroid dienone is 3. The molecule has 148 valence electrons. The fourth-order valence-corrected chi connectivity index (χ4v) is 4.54. The summed E-state index contributed by atoms with van der Waals surface area (Å²) in [7, 11) is -3.77. The molecule has 0 saturated heterocycles. The molecule has 0 fully saturated rings. The van der Waals surface area contributed by atoms with Gasteiger partial charge in [0.15, 0.2) is 0 Å². The zero-order chi connectivity index (χ0) is 20.8. The highest BCUT2D eigenvalue weighted by atomic mass is 35.5. The minimum atomic E-state index is -3.77. The van der Waals surface area contributed by atoms with E-state index in [4.69, 9.17) is 16.7 Å². The van der Waals surface area contributed by atoms with Gasteiger partial charge in [0, 0.05) is 16.1 Å². The lowest BCUT2D eigenvalue weighted by atomic mass is 10.2. The lowest BCUT2D eigenvalue weighted by molar-refractivity contribution is -0.137. The smallest absolute Gasteiger partial charge is 0.323 e. The molecular weight excluding hydrogens is 386 g/mol. The molecule has 2 rings (SSSR count). The largest absolute Gasteiger partial charge is 0.480 e. The molecule has 1 heterocycles. The van der Waals surface area contributed by atoms with Gasteiger partial charge < -0.3 is 9.67 Å². The Labute approximate surface area is 165 Å². The number of hydrogen-bond donors (Lipinski definition) is 1. The predicted octanol–water partition coefficient (Wildman–Crippen LogP) is 5.19. The first-order chi connectivity index (χ1) is 12.6. The lowest BCUT2D eigenvalue weighted by Gasteiger charge is -2.05. The molecule has 1 N–H and O–H groups in total. The number of aryl methyl sites for hydroxylation is 1. The van der Waals surface area contributed by atoms with E-state index in [0.717, 1.165) is 11.0 Å². The molecule has 0 atom stereocenters. The Morgan fingerprint density at radius 2 is 1.81 bits per heavy atom. The maximum absolute atomic E-state index is 12.7. The van der Waals surface area contributed by atoms with Crippen LogP contribution in [-0.2, 0) is 21.2 Å². The Kier molecular flexibility index (Phi) is 8.31. The van der Waals surface area contributed by atoms with Crippen LogP contribution >= 0.6 is 11.6 Å². The predicted molar refractivity (Wildman–Crippen MR) is 111 cm³/mol. The Morgan fingerprint density at radius 3 is 2.30 bits per heavy atom. The van der Waals surface area contributed by atoms with Crippen molar-refractivity contribution in [2.45, 2.75) is 52.5 Å². The summed E-state index contributed by atoms with van der Waals surface area (Å²) in [5, 5.41) is 10.9. The summed E-state index contributed by atoms with van der Waals surface area (Å²) >= 11 is 5.91. The first kappa shape index (κ1) is 23.0. The molecule has 2 aromatic rings. The zero-order valence-electron chi connectivity index (χ0n) is 16.3. The number of hydrogen-bond acceptors (Lipinski definition) is 3. The maximum atomic E-state index is 12.7. The minimum absolute atomic E-state index is 0.115. The van der Waals surface area contributed by atoms with Crippen LogP contribution < -0.4 is 0 Å². The van der Waals surface area contributed by atoms with Crippen molar-refractivity contribution in [2.24, 2.45) is 0 Å². The van der Waals surface area contributed by atoms with Gasteiger partial charge in [-0.15, -0.1) is 0 Å². The van der Waals surface area contributed by atoms with Gasteiger partial charge in [0.25, 0.3) is 0 Å². The molecular formula is C20H26ClNO4S. The number of aliphatic carboxylic acids is 1. The summed E-state index contributed by atoms with van der Waals surface area (Å²) in [5.74, 6) is -1.03. The summed E-state index contributed by atoms with van der Waals surface area (Å²) in [6.07, 6.45) is 4.41. The van der Waals surface area contributed by atoms with Crippen LogP contribution in [0.4, 0.5) is 0 Å². The van der Waals surface area contributed by atoms with Gasteiger partial charge in [0.1, 0.15) is 6.54 Å². The summed E-state index contributed by atoms with van der Waals surface area (Å²) in [6, 6.07) is 5.32. The molecule has 0 amide bonds. The first-order valence-electron chi connectivity index (χ1n) is 8.58. The number of nitrogens with zero attached hydrogens (tertiary/aromatic N) is 1. The number of benzene rings is 1. The van der Waals surface area contributed by atoms with Crippen molar-refractivity contribution in [2.75, 3.05) is 0 Å². The number of sulfone groups is 1. The van der Waals surface area contributed by atoms with Crippen LogP contribution in [0.5, 0.6) is 0 Å². The van der Waals surface area contributed by atoms with E-state index in [9.17, 15) is 13.2 Å². The van der Waals surface area contributed by atoms with Gasteiger partial charge in [-0.05, 0) is 46.2 Å². The van der Waals surface area contributed by atoms with Gasteiger partial charge in [-0.1, -0.05) is 42.3 Å². The van der Waals surface area contributed by atoms with Crippen LogP contribution in [0.25, 0.3) is 10.9 Å². The van der Waals surface area contributed by atoms with Crippen molar-refractivity contribution in [3.05, 3.63) is 52.0 Å². The standard InChI is InChI=1S/C16H18ClNO4S.C4H8/c1-4-12(17)9-23(21,22)16-11(3)18(8-15(19)20)14-6-5-10(2)7-13(14)16;1-3-4-2/h5-7,9H,4,8H2,1-3H3,(H,19,20);3-4H,1-2H3/b12-9-;4-3-. The van der Waals surface area contributed by atoms with E-state index in [1.165, 1.54) is 4.57 Å². The van der Waals surface area contributed by atoms with Gasteiger partial charge in [0.05, 0.1) is 15.8 Å². The monoisotopic (exact) mass is 411 g/mol. The van der Waals surface area contributed by atoms with E-state index in [2.05, 4.69) is 0 Å². The summed E-state index contributed by atoms with van der Waals surface area (Å²) in [4.78, 5) is 11.2. The third-order valence-corrected chi connectivity index (χ3v) is 6.14. The van der Waals surface area contributed by atoms with Crippen molar-refractivity contribution in [3.63, 3.8) is 0 Å². The molecule has 7 heteroatoms. The second kappa shape index (κ2) is 9.76. The topological polar surface area (TPSA) is 76.4 Å². The lowest BCUT2D eigenvalue weighted by Crippen LogP contribution is -2.10. The van der Waals surface area contributed by atoms with E-state index in [-0.39, 0.29) is 16.5 Å². The van der Waals surface area contributed by atoms with Crippen LogP contribution in [0, 0.1) is 13.8 Å². The molecule has 0 spiro atoms. The number of halogens is 1. The summed E-state index contributed by atoms with van der Waals surface area (Å²) in [5.41, 5.74) is 1.87. The Balaban J connectivity index is 0.000000828. The molecule has 0 unspecified atom stereocenters. The van der Waals surface area contributed by atoms with Crippen LogP contribution in [0.2, 0.25) is 0 Å². The summed E-state index contributed by atoms with van der Waals surface area (Å²) in [6.45, 7) is 8.93. The van der Waals surface area contributed by atoms with Crippen molar-refractivity contribution in [1.82, 2.24) is 4.57 Å². The molecule has 1 aromatic heterocycles. The highest BCUT2D eigenvalue weighted by Gasteiger charge is 2.24. The van der Waals surface area contributed by atoms with Crippen LogP contribution in [0.3, 0.4) is 0 Å². The molecule has 0 aliphatic carbocycles. The molecule has 1 aromatic carbocycles. The second-order valence-electron chi connectivity index (χ2n) is 6.04. The Bertz CT molecular complexity index is 981. The molecule has 0 radical (unpaired) electrons. The third-order valence-electron chi connectivity index (χ3n) is 3.95. The third kappa shape index (κ3) is 5.71. The fourth-order valence-electron chi connectivity index (χ4n) is 2.57. The zero-order valence-corrected chi connectivity index (χ0v) is 17.9. The van der Waals surface area contributed by atoms with Crippen LogP contribution in [0.1, 0.15) is 38.4 Å². The van der Waals surface area contributed by atoms with E-state index >= 15 is 0 Å². The van der Waals surface area contributed by atoms with Crippen molar-refractivity contribution >= 4 is 38.3 Å². The number of fused-ring (bicyclic) bond motifs is 1. The number of carboxylic acids is 1. The average molecular weight is 412 g/mol. The molecule has 5 nitrogen and oxygen atoms in total. The van der Waals surface area contributed by atoms with E-state index < -0.39 is 15.8 Å². The highest BCUT2D eigenvalue weighted by molar-refractivity contribution is 7.94. The first-order valence-corrected chi connectivity index (χ1v) is 10.5. The second-order valence-corrected chi connectivity index (χ2v) is 8.26. The van der Waals surface area contributed by atoms with Gasteiger partial charge in [0.2, 0.25) is 9.84 Å². The van der Waals surface area contributed by atoms with Crippen LogP contribution in [-0.4, -0.2) is 24.1 Å². The number of carbonyl (C=O) groups is 1. The Hall–Kier alpha value is -2.05. The van der Waals surface area contributed by atoms with E-state index in [1.54, 1.807) is 26.0 Å². The summed E-state index contributed by atoms with van der Waals surface area (Å²) < 4.78 is 26.9. The average Bonchev–Trinajstić information content (AvgIpc) is 2.85. The maximum Gasteiger partial charge on any atom is 0.323 e. The highest BCUT2D eigenvalue weighted by Crippen LogP contribution is 2.32. The van der Waals surface area contributed by atoms with Gasteiger partial charge in [-0.2, -0.15) is 0 Å². The molecule has 0 aliphatic rings. The SMILES string of the molecule is C/C=C\C.CC/C(Cl)=C/S(=O)(=O)c1c(C)n(CC(=O)O)c2ccc(C)cc12. The molecule has 27 heavy (non-hydrogen) atoms.